The number of nitrogens with zero attached hydrogens (tertiary/aromatic N) is 1. The molecule has 1 heterocycles. The van der Waals surface area contributed by atoms with Gasteiger partial charge in [-0.2, -0.15) is 0 Å². The number of piperidine rings is 1. The van der Waals surface area contributed by atoms with E-state index >= 15 is 0 Å². The highest BCUT2D eigenvalue weighted by atomic mass is 16.4. The molecule has 0 saturated carbocycles. The number of hydrogen-bond acceptors (Lipinski definition) is 2. The first-order chi connectivity index (χ1) is 10.3. The van der Waals surface area contributed by atoms with Gasteiger partial charge < -0.3 is 15.3 Å². The third kappa shape index (κ3) is 4.00. The number of aliphatic carboxylic acids is 1. The van der Waals surface area contributed by atoms with E-state index in [1.165, 1.54) is 5.56 Å². The Morgan fingerprint density at radius 2 is 1.68 bits per heavy atom. The van der Waals surface area contributed by atoms with Gasteiger partial charge in [0, 0.05) is 18.8 Å². The smallest absolute Gasteiger partial charge is 0.321 e. The second-order valence-electron chi connectivity index (χ2n) is 6.86. The van der Waals surface area contributed by atoms with Crippen molar-refractivity contribution in [2.24, 2.45) is 5.92 Å². The van der Waals surface area contributed by atoms with E-state index in [0.717, 1.165) is 5.69 Å². The topological polar surface area (TPSA) is 69.6 Å². The molecule has 0 aromatic heterocycles. The van der Waals surface area contributed by atoms with Gasteiger partial charge >= 0.3 is 12.0 Å². The standard InChI is InChI=1S/C17H24N2O3/c1-17(2,3)13-4-6-14(7-5-13)18-16(22)19-10-8-12(9-11-19)15(20)21/h4-7,12H,8-11H2,1-3H3,(H,18,22)(H,20,21). The quantitative estimate of drug-likeness (QED) is 0.880. The Hall–Kier alpha value is -2.04. The molecule has 0 radical (unpaired) electrons. The molecule has 0 unspecified atom stereocenters. The molecular formula is C17H24N2O3. The van der Waals surface area contributed by atoms with Crippen LogP contribution in [0.2, 0.25) is 0 Å². The summed E-state index contributed by atoms with van der Waals surface area (Å²) < 4.78 is 0. The Labute approximate surface area is 131 Å². The number of carboxylic acids is 1. The minimum Gasteiger partial charge on any atom is -0.481 e. The lowest BCUT2D eigenvalue weighted by Crippen LogP contribution is -2.42. The molecule has 1 fully saturated rings. The molecule has 2 N–H and O–H groups in total. The predicted octanol–water partition coefficient (Wildman–Crippen LogP) is 3.31. The molecule has 1 aliphatic rings. The van der Waals surface area contributed by atoms with Crippen LogP contribution in [0.1, 0.15) is 39.2 Å². The van der Waals surface area contributed by atoms with Gasteiger partial charge in [-0.05, 0) is 36.0 Å². The molecule has 1 aliphatic heterocycles. The van der Waals surface area contributed by atoms with Crippen LogP contribution in [0.4, 0.5) is 10.5 Å². The van der Waals surface area contributed by atoms with Gasteiger partial charge in [0.05, 0.1) is 5.92 Å². The third-order valence-electron chi connectivity index (χ3n) is 4.13. The van der Waals surface area contributed by atoms with Crippen molar-refractivity contribution in [2.45, 2.75) is 39.0 Å². The van der Waals surface area contributed by atoms with Crippen LogP contribution >= 0.6 is 0 Å². The van der Waals surface area contributed by atoms with Crippen LogP contribution in [-0.4, -0.2) is 35.1 Å². The summed E-state index contributed by atoms with van der Waals surface area (Å²) in [6.45, 7) is 7.42. The second-order valence-corrected chi connectivity index (χ2v) is 6.86. The summed E-state index contributed by atoms with van der Waals surface area (Å²) >= 11 is 0. The Kier molecular flexibility index (Phi) is 4.74. The molecule has 0 aliphatic carbocycles. The SMILES string of the molecule is CC(C)(C)c1ccc(NC(=O)N2CCC(C(=O)O)CC2)cc1. The van der Waals surface area contributed by atoms with Gasteiger partial charge in [-0.3, -0.25) is 4.79 Å². The van der Waals surface area contributed by atoms with Crippen molar-refractivity contribution in [1.29, 1.82) is 0 Å². The zero-order valence-corrected chi connectivity index (χ0v) is 13.4. The Balaban J connectivity index is 1.91. The van der Waals surface area contributed by atoms with Crippen LogP contribution in [0.5, 0.6) is 0 Å². The molecule has 2 amide bonds. The average molecular weight is 304 g/mol. The van der Waals surface area contributed by atoms with Crippen LogP contribution in [0.3, 0.4) is 0 Å². The maximum Gasteiger partial charge on any atom is 0.321 e. The van der Waals surface area contributed by atoms with Crippen LogP contribution < -0.4 is 5.32 Å². The van der Waals surface area contributed by atoms with E-state index in [0.29, 0.717) is 25.9 Å². The first-order valence-corrected chi connectivity index (χ1v) is 7.66. The van der Waals surface area contributed by atoms with E-state index < -0.39 is 5.97 Å². The zero-order chi connectivity index (χ0) is 16.3. The number of rotatable bonds is 2. The summed E-state index contributed by atoms with van der Waals surface area (Å²) in [5, 5.41) is 11.8. The molecule has 5 heteroatoms. The first-order valence-electron chi connectivity index (χ1n) is 7.66. The van der Waals surface area contributed by atoms with Crippen molar-refractivity contribution in [2.75, 3.05) is 18.4 Å². The molecule has 5 nitrogen and oxygen atoms in total. The summed E-state index contributed by atoms with van der Waals surface area (Å²) in [5.74, 6) is -1.09. The largest absolute Gasteiger partial charge is 0.481 e. The number of carbonyl (C=O) groups excluding carboxylic acids is 1. The number of nitrogens with one attached hydrogen (secondary N) is 1. The van der Waals surface area contributed by atoms with E-state index in [1.807, 2.05) is 24.3 Å². The molecule has 0 atom stereocenters. The fourth-order valence-electron chi connectivity index (χ4n) is 2.59. The van der Waals surface area contributed by atoms with E-state index in [1.54, 1.807) is 4.90 Å². The fourth-order valence-corrected chi connectivity index (χ4v) is 2.59. The number of likely N-dealkylation sites (tertiary alicyclic amines) is 1. The number of urea groups is 1. The summed E-state index contributed by atoms with van der Waals surface area (Å²) in [7, 11) is 0. The molecule has 1 aromatic carbocycles. The van der Waals surface area contributed by atoms with Crippen molar-refractivity contribution < 1.29 is 14.7 Å². The molecule has 22 heavy (non-hydrogen) atoms. The van der Waals surface area contributed by atoms with E-state index in [2.05, 4.69) is 26.1 Å². The van der Waals surface area contributed by atoms with Gasteiger partial charge in [-0.25, -0.2) is 4.79 Å². The minimum absolute atomic E-state index is 0.0846. The number of carboxylic acid groups (broad SMARTS) is 1. The Morgan fingerprint density at radius 1 is 1.14 bits per heavy atom. The fraction of sp³-hybridized carbons (Fsp3) is 0.529. The lowest BCUT2D eigenvalue weighted by molar-refractivity contribution is -0.143. The van der Waals surface area contributed by atoms with Crippen molar-refractivity contribution in [3.8, 4) is 0 Å². The monoisotopic (exact) mass is 304 g/mol. The van der Waals surface area contributed by atoms with Crippen molar-refractivity contribution in [3.05, 3.63) is 29.8 Å². The molecule has 0 bridgehead atoms. The highest BCUT2D eigenvalue weighted by Crippen LogP contribution is 2.24. The van der Waals surface area contributed by atoms with Gasteiger partial charge in [-0.15, -0.1) is 0 Å². The molecule has 1 saturated heterocycles. The van der Waals surface area contributed by atoms with Gasteiger partial charge in [0.1, 0.15) is 0 Å². The number of benzene rings is 1. The summed E-state index contributed by atoms with van der Waals surface area (Å²) in [5.41, 5.74) is 2.06. The van der Waals surface area contributed by atoms with Crippen molar-refractivity contribution in [1.82, 2.24) is 4.90 Å². The lowest BCUT2D eigenvalue weighted by atomic mass is 9.87. The minimum atomic E-state index is -0.766. The number of hydrogen-bond donors (Lipinski definition) is 2. The number of amides is 2. The molecule has 1 aromatic rings. The van der Waals surface area contributed by atoms with Gasteiger partial charge in [-0.1, -0.05) is 32.9 Å². The number of carbonyl (C=O) groups is 2. The van der Waals surface area contributed by atoms with Crippen molar-refractivity contribution >= 4 is 17.7 Å². The highest BCUT2D eigenvalue weighted by molar-refractivity contribution is 5.89. The molecular weight excluding hydrogens is 280 g/mol. The summed E-state index contributed by atoms with van der Waals surface area (Å²) in [6, 6.07) is 7.69. The van der Waals surface area contributed by atoms with Crippen LogP contribution in [-0.2, 0) is 10.2 Å². The summed E-state index contributed by atoms with van der Waals surface area (Å²) in [4.78, 5) is 24.8. The van der Waals surface area contributed by atoms with Gasteiger partial charge in [0.2, 0.25) is 0 Å². The highest BCUT2D eigenvalue weighted by Gasteiger charge is 2.27. The molecule has 0 spiro atoms. The first kappa shape index (κ1) is 16.3. The normalized spacial score (nSPS) is 16.4. The van der Waals surface area contributed by atoms with E-state index in [4.69, 9.17) is 5.11 Å². The second kappa shape index (κ2) is 6.38. The molecule has 120 valence electrons. The lowest BCUT2D eigenvalue weighted by Gasteiger charge is -2.30. The Morgan fingerprint density at radius 3 is 2.14 bits per heavy atom. The van der Waals surface area contributed by atoms with Crippen LogP contribution in [0, 0.1) is 5.92 Å². The predicted molar refractivity (Wildman–Crippen MR) is 86.1 cm³/mol. The average Bonchev–Trinajstić information content (AvgIpc) is 2.47. The maximum absolute atomic E-state index is 12.2. The van der Waals surface area contributed by atoms with Gasteiger partial charge in [0.15, 0.2) is 0 Å². The zero-order valence-electron chi connectivity index (χ0n) is 13.4. The van der Waals surface area contributed by atoms with Crippen LogP contribution in [0.15, 0.2) is 24.3 Å². The van der Waals surface area contributed by atoms with Crippen molar-refractivity contribution in [3.63, 3.8) is 0 Å². The summed E-state index contributed by atoms with van der Waals surface area (Å²) in [6.07, 6.45) is 1.04. The van der Waals surface area contributed by atoms with Crippen LogP contribution in [0.25, 0.3) is 0 Å². The third-order valence-corrected chi connectivity index (χ3v) is 4.13. The number of anilines is 1. The molecule has 2 rings (SSSR count). The Bertz CT molecular complexity index is 538. The van der Waals surface area contributed by atoms with E-state index in [-0.39, 0.29) is 17.4 Å². The maximum atomic E-state index is 12.2. The van der Waals surface area contributed by atoms with Gasteiger partial charge in [0.25, 0.3) is 0 Å². The van der Waals surface area contributed by atoms with E-state index in [9.17, 15) is 9.59 Å².